The highest BCUT2D eigenvalue weighted by atomic mass is 35.5. The molecule has 1 aromatic carbocycles. The Morgan fingerprint density at radius 3 is 2.86 bits per heavy atom. The van der Waals surface area contributed by atoms with Crippen LogP contribution in [-0.4, -0.2) is 17.1 Å². The first-order chi connectivity index (χ1) is 10.1. The lowest BCUT2D eigenvalue weighted by Crippen LogP contribution is -2.45. The van der Waals surface area contributed by atoms with Gasteiger partial charge in [0.2, 0.25) is 0 Å². The maximum Gasteiger partial charge on any atom is 0.0948 e. The molecule has 3 N–H and O–H groups in total. The van der Waals surface area contributed by atoms with Crippen LogP contribution in [-0.2, 0) is 0 Å². The third-order valence-corrected chi connectivity index (χ3v) is 4.90. The SMILES string of the molecule is CC(CN)(CC1CCC1)Nc1ccc(Cl)c2cccnc12. The molecular weight excluding hydrogens is 282 g/mol. The number of hydrogen-bond acceptors (Lipinski definition) is 3. The van der Waals surface area contributed by atoms with E-state index in [4.69, 9.17) is 17.3 Å². The van der Waals surface area contributed by atoms with Gasteiger partial charge >= 0.3 is 0 Å². The van der Waals surface area contributed by atoms with Gasteiger partial charge in [-0.1, -0.05) is 30.9 Å². The Morgan fingerprint density at radius 2 is 2.19 bits per heavy atom. The van der Waals surface area contributed by atoms with Crippen LogP contribution in [0, 0.1) is 5.92 Å². The van der Waals surface area contributed by atoms with Gasteiger partial charge in [-0.3, -0.25) is 4.98 Å². The van der Waals surface area contributed by atoms with Crippen molar-refractivity contribution in [3.63, 3.8) is 0 Å². The molecule has 4 heteroatoms. The standard InChI is InChI=1S/C17H22ClN3/c1-17(11-19,10-12-4-2-5-12)21-15-8-7-14(18)13-6-3-9-20-16(13)15/h3,6-9,12,21H,2,4-5,10-11,19H2,1H3. The van der Waals surface area contributed by atoms with Gasteiger partial charge in [0.1, 0.15) is 0 Å². The van der Waals surface area contributed by atoms with Crippen LogP contribution in [0.3, 0.4) is 0 Å². The number of hydrogen-bond donors (Lipinski definition) is 2. The van der Waals surface area contributed by atoms with Crippen LogP contribution < -0.4 is 11.1 Å². The number of halogens is 1. The maximum atomic E-state index is 6.26. The normalized spacial score (nSPS) is 18.2. The molecule has 1 unspecified atom stereocenters. The van der Waals surface area contributed by atoms with Crippen LogP contribution in [0.15, 0.2) is 30.5 Å². The van der Waals surface area contributed by atoms with Crippen LogP contribution in [0.5, 0.6) is 0 Å². The van der Waals surface area contributed by atoms with Gasteiger partial charge in [0, 0.05) is 23.7 Å². The number of rotatable bonds is 5. The Hall–Kier alpha value is -1.32. The highest BCUT2D eigenvalue weighted by Crippen LogP contribution is 2.36. The zero-order chi connectivity index (χ0) is 14.9. The first kappa shape index (κ1) is 14.6. The van der Waals surface area contributed by atoms with E-state index in [9.17, 15) is 0 Å². The number of aromatic nitrogens is 1. The van der Waals surface area contributed by atoms with Crippen LogP contribution >= 0.6 is 11.6 Å². The second kappa shape index (κ2) is 5.82. The summed E-state index contributed by atoms with van der Waals surface area (Å²) in [5.74, 6) is 0.803. The molecule has 0 amide bonds. The van der Waals surface area contributed by atoms with Crippen LogP contribution in [0.2, 0.25) is 5.02 Å². The van der Waals surface area contributed by atoms with Gasteiger partial charge in [0.15, 0.2) is 0 Å². The summed E-state index contributed by atoms with van der Waals surface area (Å²) < 4.78 is 0. The summed E-state index contributed by atoms with van der Waals surface area (Å²) in [7, 11) is 0. The molecule has 3 nitrogen and oxygen atoms in total. The number of pyridine rings is 1. The number of nitrogens with zero attached hydrogens (tertiary/aromatic N) is 1. The molecule has 0 aliphatic heterocycles. The molecule has 1 fully saturated rings. The van der Waals surface area contributed by atoms with Gasteiger partial charge < -0.3 is 11.1 Å². The smallest absolute Gasteiger partial charge is 0.0948 e. The molecule has 21 heavy (non-hydrogen) atoms. The molecule has 1 atom stereocenters. The zero-order valence-electron chi connectivity index (χ0n) is 12.4. The van der Waals surface area contributed by atoms with Gasteiger partial charge in [-0.15, -0.1) is 0 Å². The molecule has 1 aliphatic rings. The molecule has 0 bridgehead atoms. The zero-order valence-corrected chi connectivity index (χ0v) is 13.2. The lowest BCUT2D eigenvalue weighted by atomic mass is 9.76. The van der Waals surface area contributed by atoms with E-state index in [1.165, 1.54) is 19.3 Å². The second-order valence-corrected chi connectivity index (χ2v) is 6.79. The lowest BCUT2D eigenvalue weighted by Gasteiger charge is -2.37. The molecule has 0 radical (unpaired) electrons. The highest BCUT2D eigenvalue weighted by Gasteiger charge is 2.30. The van der Waals surface area contributed by atoms with Crippen molar-refractivity contribution in [2.75, 3.05) is 11.9 Å². The third kappa shape index (κ3) is 2.99. The Bertz CT molecular complexity index is 639. The van der Waals surface area contributed by atoms with Crippen molar-refractivity contribution in [2.24, 2.45) is 11.7 Å². The van der Waals surface area contributed by atoms with E-state index in [1.54, 1.807) is 6.20 Å². The quantitative estimate of drug-likeness (QED) is 0.870. The Labute approximate surface area is 130 Å². The third-order valence-electron chi connectivity index (χ3n) is 4.57. The fourth-order valence-corrected chi connectivity index (χ4v) is 3.30. The van der Waals surface area contributed by atoms with Gasteiger partial charge in [0.05, 0.1) is 16.2 Å². The Kier molecular flexibility index (Phi) is 4.05. The van der Waals surface area contributed by atoms with E-state index in [2.05, 4.69) is 17.2 Å². The van der Waals surface area contributed by atoms with Crippen molar-refractivity contribution in [1.82, 2.24) is 4.98 Å². The predicted molar refractivity (Wildman–Crippen MR) is 89.8 cm³/mol. The summed E-state index contributed by atoms with van der Waals surface area (Å²) in [6.45, 7) is 2.81. The highest BCUT2D eigenvalue weighted by molar-refractivity contribution is 6.35. The average Bonchev–Trinajstić information content (AvgIpc) is 2.47. The van der Waals surface area contributed by atoms with Crippen molar-refractivity contribution in [1.29, 1.82) is 0 Å². The molecule has 1 aliphatic carbocycles. The van der Waals surface area contributed by atoms with Gasteiger partial charge in [-0.25, -0.2) is 0 Å². The summed E-state index contributed by atoms with van der Waals surface area (Å²) in [6, 6.07) is 7.84. The second-order valence-electron chi connectivity index (χ2n) is 6.39. The number of benzene rings is 1. The Morgan fingerprint density at radius 1 is 1.38 bits per heavy atom. The molecule has 112 valence electrons. The molecule has 1 aromatic heterocycles. The molecule has 3 rings (SSSR count). The first-order valence-corrected chi connectivity index (χ1v) is 8.00. The van der Waals surface area contributed by atoms with E-state index in [1.807, 2.05) is 24.3 Å². The number of nitrogens with one attached hydrogen (secondary N) is 1. The van der Waals surface area contributed by atoms with Crippen molar-refractivity contribution in [2.45, 2.75) is 38.1 Å². The molecule has 1 heterocycles. The van der Waals surface area contributed by atoms with Crippen molar-refractivity contribution in [3.8, 4) is 0 Å². The molecule has 2 aromatic rings. The number of fused-ring (bicyclic) bond motifs is 1. The molecule has 1 saturated carbocycles. The molecular formula is C17H22ClN3. The van der Waals surface area contributed by atoms with Gasteiger partial charge in [-0.2, -0.15) is 0 Å². The maximum absolute atomic E-state index is 6.26. The average molecular weight is 304 g/mol. The van der Waals surface area contributed by atoms with E-state index in [0.29, 0.717) is 6.54 Å². The predicted octanol–water partition coefficient (Wildman–Crippen LogP) is 4.21. The fourth-order valence-electron chi connectivity index (χ4n) is 3.08. The molecule has 0 saturated heterocycles. The summed E-state index contributed by atoms with van der Waals surface area (Å²) in [6.07, 6.45) is 6.93. The van der Waals surface area contributed by atoms with Gasteiger partial charge in [-0.05, 0) is 43.5 Å². The van der Waals surface area contributed by atoms with Crippen molar-refractivity contribution < 1.29 is 0 Å². The van der Waals surface area contributed by atoms with Gasteiger partial charge in [0.25, 0.3) is 0 Å². The van der Waals surface area contributed by atoms with Crippen LogP contribution in [0.4, 0.5) is 5.69 Å². The van der Waals surface area contributed by atoms with Crippen molar-refractivity contribution in [3.05, 3.63) is 35.5 Å². The minimum absolute atomic E-state index is 0.0939. The number of anilines is 1. The van der Waals surface area contributed by atoms with E-state index >= 15 is 0 Å². The van der Waals surface area contributed by atoms with Crippen LogP contribution in [0.1, 0.15) is 32.6 Å². The van der Waals surface area contributed by atoms with Crippen LogP contribution in [0.25, 0.3) is 10.9 Å². The topological polar surface area (TPSA) is 50.9 Å². The minimum atomic E-state index is -0.0939. The Balaban J connectivity index is 1.90. The van der Waals surface area contributed by atoms with E-state index in [-0.39, 0.29) is 5.54 Å². The summed E-state index contributed by atoms with van der Waals surface area (Å²) >= 11 is 6.26. The van der Waals surface area contributed by atoms with E-state index < -0.39 is 0 Å². The number of nitrogens with two attached hydrogens (primary N) is 1. The summed E-state index contributed by atoms with van der Waals surface area (Å²) in [5, 5.41) is 5.34. The monoisotopic (exact) mass is 303 g/mol. The lowest BCUT2D eigenvalue weighted by molar-refractivity contribution is 0.248. The summed E-state index contributed by atoms with van der Waals surface area (Å²) in [4.78, 5) is 4.49. The van der Waals surface area contributed by atoms with Crippen molar-refractivity contribution >= 4 is 28.2 Å². The minimum Gasteiger partial charge on any atom is -0.377 e. The molecule has 0 spiro atoms. The largest absolute Gasteiger partial charge is 0.377 e. The first-order valence-electron chi connectivity index (χ1n) is 7.63. The fraction of sp³-hybridized carbons (Fsp3) is 0.471. The van der Waals surface area contributed by atoms with E-state index in [0.717, 1.165) is 34.0 Å². The summed E-state index contributed by atoms with van der Waals surface area (Å²) in [5.41, 5.74) is 7.88.